The molecule has 1 N–H and O–H groups in total. The van der Waals surface area contributed by atoms with Gasteiger partial charge in [-0.1, -0.05) is 11.6 Å². The number of carbonyl (C=O) groups excluding carboxylic acids is 1. The molecule has 0 atom stereocenters. The van der Waals surface area contributed by atoms with Crippen molar-refractivity contribution in [3.8, 4) is 11.6 Å². The highest BCUT2D eigenvalue weighted by Crippen LogP contribution is 2.25. The molecule has 0 aliphatic heterocycles. The number of amides is 1. The Hall–Kier alpha value is -1.85. The van der Waals surface area contributed by atoms with E-state index in [-0.39, 0.29) is 22.6 Å². The fraction of sp³-hybridized carbons (Fsp3) is 0.267. The van der Waals surface area contributed by atoms with Crippen molar-refractivity contribution in [2.45, 2.75) is 26.3 Å². The molecule has 0 saturated carbocycles. The highest BCUT2D eigenvalue weighted by Gasteiger charge is 2.21. The smallest absolute Gasteiger partial charge is 0.258 e. The van der Waals surface area contributed by atoms with Crippen molar-refractivity contribution in [3.63, 3.8) is 0 Å². The van der Waals surface area contributed by atoms with E-state index >= 15 is 0 Å². The van der Waals surface area contributed by atoms with Gasteiger partial charge in [0.15, 0.2) is 0 Å². The minimum absolute atomic E-state index is 0.00345. The zero-order valence-corrected chi connectivity index (χ0v) is 13.9. The average molecular weight is 340 g/mol. The van der Waals surface area contributed by atoms with Gasteiger partial charge < -0.3 is 10.1 Å². The number of benzene rings is 1. The summed E-state index contributed by atoms with van der Waals surface area (Å²) in [4.78, 5) is 20.1. The third kappa shape index (κ3) is 4.58. The first-order valence-electron chi connectivity index (χ1n) is 6.53. The number of nitrogens with one attached hydrogen (secondary N) is 1. The second-order valence-electron chi connectivity index (χ2n) is 5.62. The van der Waals surface area contributed by atoms with Crippen LogP contribution in [-0.4, -0.2) is 21.4 Å². The lowest BCUT2D eigenvalue weighted by Crippen LogP contribution is -2.40. The van der Waals surface area contributed by atoms with Gasteiger partial charge >= 0.3 is 0 Å². The molecule has 0 spiro atoms. The molecule has 2 aromatic rings. The lowest BCUT2D eigenvalue weighted by Gasteiger charge is -2.21. The van der Waals surface area contributed by atoms with Gasteiger partial charge in [0, 0.05) is 16.8 Å². The Morgan fingerprint density at radius 2 is 1.82 bits per heavy atom. The number of aromatic nitrogens is 2. The first kappa shape index (κ1) is 16.5. The van der Waals surface area contributed by atoms with Crippen molar-refractivity contribution < 1.29 is 9.53 Å². The quantitative estimate of drug-likeness (QED) is 0.855. The van der Waals surface area contributed by atoms with E-state index in [0.29, 0.717) is 10.8 Å². The Kier molecular flexibility index (Phi) is 4.88. The Labute approximate surface area is 138 Å². The summed E-state index contributed by atoms with van der Waals surface area (Å²) in [5, 5.41) is 3.41. The van der Waals surface area contributed by atoms with Crippen LogP contribution in [0.2, 0.25) is 10.3 Å². The van der Waals surface area contributed by atoms with Crippen LogP contribution in [0.25, 0.3) is 0 Å². The van der Waals surface area contributed by atoms with E-state index in [1.165, 1.54) is 6.20 Å². The first-order valence-corrected chi connectivity index (χ1v) is 7.29. The highest BCUT2D eigenvalue weighted by molar-refractivity contribution is 6.30. The van der Waals surface area contributed by atoms with E-state index in [4.69, 9.17) is 27.9 Å². The molecule has 1 aromatic carbocycles. The molecule has 0 fully saturated rings. The molecule has 1 aromatic heterocycles. The van der Waals surface area contributed by atoms with Crippen molar-refractivity contribution in [1.29, 1.82) is 0 Å². The number of hydrogen-bond acceptors (Lipinski definition) is 4. The Morgan fingerprint density at radius 1 is 1.18 bits per heavy atom. The molecule has 1 amide bonds. The number of halogens is 2. The minimum Gasteiger partial charge on any atom is -0.438 e. The van der Waals surface area contributed by atoms with Crippen molar-refractivity contribution in [2.75, 3.05) is 0 Å². The zero-order valence-electron chi connectivity index (χ0n) is 12.4. The monoisotopic (exact) mass is 339 g/mol. The third-order valence-corrected chi connectivity index (χ3v) is 2.92. The summed E-state index contributed by atoms with van der Waals surface area (Å²) in [6, 6.07) is 6.69. The van der Waals surface area contributed by atoms with Crippen LogP contribution in [0, 0.1) is 0 Å². The maximum Gasteiger partial charge on any atom is 0.258 e. The predicted molar refractivity (Wildman–Crippen MR) is 85.8 cm³/mol. The average Bonchev–Trinajstić information content (AvgIpc) is 2.39. The van der Waals surface area contributed by atoms with Gasteiger partial charge in [0.05, 0.1) is 0 Å². The Bertz CT molecular complexity index is 682. The summed E-state index contributed by atoms with van der Waals surface area (Å²) in [7, 11) is 0. The number of nitrogens with zero attached hydrogens (tertiary/aromatic N) is 2. The Balaban J connectivity index is 2.31. The second-order valence-corrected chi connectivity index (χ2v) is 6.39. The molecule has 0 saturated heterocycles. The van der Waals surface area contributed by atoms with Crippen molar-refractivity contribution in [3.05, 3.63) is 46.3 Å². The SMILES string of the molecule is CC(C)(C)NC(=O)c1cnc(Cl)nc1Oc1ccc(Cl)cc1. The zero-order chi connectivity index (χ0) is 16.3. The van der Waals surface area contributed by atoms with E-state index in [1.54, 1.807) is 24.3 Å². The largest absolute Gasteiger partial charge is 0.438 e. The molecular formula is C15H15Cl2N3O2. The summed E-state index contributed by atoms with van der Waals surface area (Å²) in [6.45, 7) is 5.63. The summed E-state index contributed by atoms with van der Waals surface area (Å²) >= 11 is 11.6. The van der Waals surface area contributed by atoms with E-state index in [1.807, 2.05) is 20.8 Å². The van der Waals surface area contributed by atoms with Gasteiger partial charge in [0.25, 0.3) is 5.91 Å². The van der Waals surface area contributed by atoms with Gasteiger partial charge in [0.1, 0.15) is 11.3 Å². The standard InChI is InChI=1S/C15H15Cl2N3O2/c1-15(2,3)20-12(21)11-8-18-14(17)19-13(11)22-10-6-4-9(16)5-7-10/h4-8H,1-3H3,(H,20,21). The molecule has 22 heavy (non-hydrogen) atoms. The Morgan fingerprint density at radius 3 is 2.41 bits per heavy atom. The molecule has 7 heteroatoms. The van der Waals surface area contributed by atoms with Crippen LogP contribution >= 0.6 is 23.2 Å². The van der Waals surface area contributed by atoms with Crippen LogP contribution in [0.4, 0.5) is 0 Å². The lowest BCUT2D eigenvalue weighted by atomic mass is 10.1. The van der Waals surface area contributed by atoms with Gasteiger partial charge in [-0.15, -0.1) is 0 Å². The molecule has 2 rings (SSSR count). The molecule has 0 radical (unpaired) electrons. The summed E-state index contributed by atoms with van der Waals surface area (Å²) in [5.41, 5.74) is -0.192. The molecule has 0 bridgehead atoms. The summed E-state index contributed by atoms with van der Waals surface area (Å²) in [6.07, 6.45) is 1.33. The fourth-order valence-corrected chi connectivity index (χ4v) is 1.85. The molecule has 116 valence electrons. The molecule has 0 aliphatic rings. The van der Waals surface area contributed by atoms with Gasteiger partial charge in [-0.05, 0) is 56.6 Å². The van der Waals surface area contributed by atoms with Crippen molar-refractivity contribution in [2.24, 2.45) is 0 Å². The van der Waals surface area contributed by atoms with Crippen LogP contribution in [0.3, 0.4) is 0 Å². The second kappa shape index (κ2) is 6.50. The maximum atomic E-state index is 12.3. The van der Waals surface area contributed by atoms with Crippen LogP contribution in [0.5, 0.6) is 11.6 Å². The van der Waals surface area contributed by atoms with E-state index in [0.717, 1.165) is 0 Å². The molecular weight excluding hydrogens is 325 g/mol. The van der Waals surface area contributed by atoms with Gasteiger partial charge in [0.2, 0.25) is 11.2 Å². The van der Waals surface area contributed by atoms with E-state index < -0.39 is 5.54 Å². The predicted octanol–water partition coefficient (Wildman–Crippen LogP) is 4.10. The summed E-state index contributed by atoms with van der Waals surface area (Å²) in [5.74, 6) is 0.237. The summed E-state index contributed by atoms with van der Waals surface area (Å²) < 4.78 is 5.63. The fourth-order valence-electron chi connectivity index (χ4n) is 1.60. The molecule has 5 nitrogen and oxygen atoms in total. The van der Waals surface area contributed by atoms with E-state index in [2.05, 4.69) is 15.3 Å². The maximum absolute atomic E-state index is 12.3. The first-order chi connectivity index (χ1) is 10.2. The number of rotatable bonds is 3. The molecule has 1 heterocycles. The molecule has 0 aliphatic carbocycles. The van der Waals surface area contributed by atoms with Gasteiger partial charge in [-0.25, -0.2) is 4.98 Å². The third-order valence-electron chi connectivity index (χ3n) is 2.49. The molecule has 0 unspecified atom stereocenters. The van der Waals surface area contributed by atoms with Gasteiger partial charge in [-0.3, -0.25) is 4.79 Å². The van der Waals surface area contributed by atoms with Crippen LogP contribution in [0.15, 0.2) is 30.5 Å². The van der Waals surface area contributed by atoms with Crippen molar-refractivity contribution >= 4 is 29.1 Å². The minimum atomic E-state index is -0.395. The number of hydrogen-bond donors (Lipinski definition) is 1. The van der Waals surface area contributed by atoms with Crippen LogP contribution in [-0.2, 0) is 0 Å². The van der Waals surface area contributed by atoms with Crippen LogP contribution < -0.4 is 10.1 Å². The normalized spacial score (nSPS) is 11.1. The lowest BCUT2D eigenvalue weighted by molar-refractivity contribution is 0.0916. The van der Waals surface area contributed by atoms with E-state index in [9.17, 15) is 4.79 Å². The highest BCUT2D eigenvalue weighted by atomic mass is 35.5. The van der Waals surface area contributed by atoms with Crippen LogP contribution in [0.1, 0.15) is 31.1 Å². The topological polar surface area (TPSA) is 64.1 Å². The van der Waals surface area contributed by atoms with Gasteiger partial charge in [-0.2, -0.15) is 4.98 Å². The van der Waals surface area contributed by atoms with Crippen molar-refractivity contribution in [1.82, 2.24) is 15.3 Å². The number of ether oxygens (including phenoxy) is 1. The number of carbonyl (C=O) groups is 1.